The zero-order valence-electron chi connectivity index (χ0n) is 15.5. The summed E-state index contributed by atoms with van der Waals surface area (Å²) < 4.78 is 25.7. The summed E-state index contributed by atoms with van der Waals surface area (Å²) in [6, 6.07) is 4.20. The third-order valence-electron chi connectivity index (χ3n) is 4.72. The Morgan fingerprint density at radius 2 is 1.74 bits per heavy atom. The van der Waals surface area contributed by atoms with Crippen LogP contribution in [0.25, 0.3) is 0 Å². The van der Waals surface area contributed by atoms with Gasteiger partial charge in [0.2, 0.25) is 10.0 Å². The zero-order chi connectivity index (χ0) is 19.9. The van der Waals surface area contributed by atoms with Crippen LogP contribution in [-0.4, -0.2) is 74.2 Å². The van der Waals surface area contributed by atoms with Gasteiger partial charge < -0.3 is 4.90 Å². The molecular formula is C17H22N4O5S. The summed E-state index contributed by atoms with van der Waals surface area (Å²) in [5.41, 5.74) is 1.59. The number of anilines is 1. The SMILES string of the molecule is CCCN1C(=O)C(=O)N(CN2CCc3cc(S(=O)(=O)N(C)C)ccc32)C1=O. The van der Waals surface area contributed by atoms with E-state index in [9.17, 15) is 22.8 Å². The van der Waals surface area contributed by atoms with Crippen molar-refractivity contribution in [1.29, 1.82) is 0 Å². The average molecular weight is 394 g/mol. The van der Waals surface area contributed by atoms with E-state index in [1.165, 1.54) is 20.2 Å². The van der Waals surface area contributed by atoms with Crippen molar-refractivity contribution in [3.05, 3.63) is 23.8 Å². The number of fused-ring (bicyclic) bond motifs is 1. The van der Waals surface area contributed by atoms with Crippen molar-refractivity contribution in [3.8, 4) is 0 Å². The molecule has 10 heteroatoms. The number of benzene rings is 1. The summed E-state index contributed by atoms with van der Waals surface area (Å²) in [7, 11) is -0.590. The molecule has 3 rings (SSSR count). The van der Waals surface area contributed by atoms with Crippen molar-refractivity contribution in [2.24, 2.45) is 0 Å². The second-order valence-corrected chi connectivity index (χ2v) is 8.86. The minimum Gasteiger partial charge on any atom is -0.353 e. The molecule has 4 amide bonds. The highest BCUT2D eigenvalue weighted by molar-refractivity contribution is 7.89. The van der Waals surface area contributed by atoms with Gasteiger partial charge in [0.1, 0.15) is 6.67 Å². The van der Waals surface area contributed by atoms with Gasteiger partial charge in [-0.15, -0.1) is 0 Å². The first-order valence-corrected chi connectivity index (χ1v) is 10.1. The summed E-state index contributed by atoms with van der Waals surface area (Å²) in [5.74, 6) is -1.62. The van der Waals surface area contributed by atoms with E-state index in [4.69, 9.17) is 0 Å². The van der Waals surface area contributed by atoms with Gasteiger partial charge in [-0.2, -0.15) is 0 Å². The summed E-state index contributed by atoms with van der Waals surface area (Å²) in [6.45, 7) is 2.53. The molecular weight excluding hydrogens is 372 g/mol. The fourth-order valence-electron chi connectivity index (χ4n) is 3.23. The van der Waals surface area contributed by atoms with Crippen LogP contribution < -0.4 is 4.90 Å². The van der Waals surface area contributed by atoms with E-state index in [2.05, 4.69) is 0 Å². The number of hydrogen-bond acceptors (Lipinski definition) is 6. The number of carbonyl (C=O) groups excluding carboxylic acids is 3. The molecule has 2 aliphatic rings. The quantitative estimate of drug-likeness (QED) is 0.513. The Hall–Kier alpha value is -2.46. The molecule has 0 radical (unpaired) electrons. The van der Waals surface area contributed by atoms with Gasteiger partial charge >= 0.3 is 17.8 Å². The zero-order valence-corrected chi connectivity index (χ0v) is 16.3. The van der Waals surface area contributed by atoms with Crippen LogP contribution in [0.2, 0.25) is 0 Å². The van der Waals surface area contributed by atoms with Gasteiger partial charge in [-0.05, 0) is 36.6 Å². The van der Waals surface area contributed by atoms with Crippen LogP contribution in [0.4, 0.5) is 10.5 Å². The number of imide groups is 2. The van der Waals surface area contributed by atoms with Crippen molar-refractivity contribution in [2.75, 3.05) is 38.8 Å². The van der Waals surface area contributed by atoms with E-state index in [1.54, 1.807) is 17.0 Å². The van der Waals surface area contributed by atoms with Gasteiger partial charge in [0.25, 0.3) is 0 Å². The molecule has 2 aliphatic heterocycles. The molecule has 1 fully saturated rings. The van der Waals surface area contributed by atoms with Crippen LogP contribution in [0.5, 0.6) is 0 Å². The molecule has 1 aromatic carbocycles. The van der Waals surface area contributed by atoms with Gasteiger partial charge in [-0.1, -0.05) is 6.92 Å². The Balaban J connectivity index is 1.82. The Kier molecular flexibility index (Phi) is 4.96. The van der Waals surface area contributed by atoms with Crippen molar-refractivity contribution >= 4 is 33.6 Å². The van der Waals surface area contributed by atoms with Crippen LogP contribution in [0, 0.1) is 0 Å². The molecule has 0 N–H and O–H groups in total. The summed E-state index contributed by atoms with van der Waals surface area (Å²) in [4.78, 5) is 40.4. The number of carbonyl (C=O) groups is 3. The van der Waals surface area contributed by atoms with Crippen LogP contribution in [0.15, 0.2) is 23.1 Å². The Bertz CT molecular complexity index is 912. The molecule has 1 aromatic rings. The van der Waals surface area contributed by atoms with E-state index in [1.807, 2.05) is 6.92 Å². The number of hydrogen-bond donors (Lipinski definition) is 0. The maximum atomic E-state index is 12.4. The number of rotatable bonds is 6. The lowest BCUT2D eigenvalue weighted by Gasteiger charge is -2.24. The molecule has 9 nitrogen and oxygen atoms in total. The summed E-state index contributed by atoms with van der Waals surface area (Å²) in [6.07, 6.45) is 1.17. The average Bonchev–Trinajstić information content (AvgIpc) is 3.11. The van der Waals surface area contributed by atoms with E-state index in [0.717, 1.165) is 25.4 Å². The first-order chi connectivity index (χ1) is 12.7. The molecule has 0 saturated carbocycles. The lowest BCUT2D eigenvalue weighted by molar-refractivity contribution is -0.143. The fourth-order valence-corrected chi connectivity index (χ4v) is 4.18. The monoisotopic (exact) mass is 394 g/mol. The van der Waals surface area contributed by atoms with Crippen LogP contribution in [0.3, 0.4) is 0 Å². The van der Waals surface area contributed by atoms with Gasteiger partial charge in [-0.25, -0.2) is 22.4 Å². The van der Waals surface area contributed by atoms with Crippen molar-refractivity contribution in [3.63, 3.8) is 0 Å². The minimum atomic E-state index is -3.53. The third kappa shape index (κ3) is 3.19. The molecule has 27 heavy (non-hydrogen) atoms. The van der Waals surface area contributed by atoms with Gasteiger partial charge in [-0.3, -0.25) is 14.5 Å². The highest BCUT2D eigenvalue weighted by atomic mass is 32.2. The maximum absolute atomic E-state index is 12.4. The number of amides is 4. The smallest absolute Gasteiger partial charge is 0.335 e. The van der Waals surface area contributed by atoms with Crippen molar-refractivity contribution in [1.82, 2.24) is 14.1 Å². The molecule has 146 valence electrons. The molecule has 1 saturated heterocycles. The predicted octanol–water partition coefficient (Wildman–Crippen LogP) is 0.458. The Labute approximate surface area is 158 Å². The van der Waals surface area contributed by atoms with Gasteiger partial charge in [0, 0.05) is 32.9 Å². The molecule has 0 aliphatic carbocycles. The lowest BCUT2D eigenvalue weighted by Crippen LogP contribution is -2.42. The molecule has 0 bridgehead atoms. The van der Waals surface area contributed by atoms with Gasteiger partial charge in [0.15, 0.2) is 0 Å². The van der Waals surface area contributed by atoms with Crippen LogP contribution in [0.1, 0.15) is 18.9 Å². The standard InChI is InChI=1S/C17H22N4O5S/c1-4-8-20-15(22)16(23)21(17(20)24)11-19-9-7-12-10-13(5-6-14(12)19)27(25,26)18(2)3/h5-6,10H,4,7-9,11H2,1-3H3. The second-order valence-electron chi connectivity index (χ2n) is 6.71. The third-order valence-corrected chi connectivity index (χ3v) is 6.53. The van der Waals surface area contributed by atoms with Crippen LogP contribution >= 0.6 is 0 Å². The molecule has 2 heterocycles. The highest BCUT2D eigenvalue weighted by Gasteiger charge is 2.45. The first-order valence-electron chi connectivity index (χ1n) is 8.66. The molecule has 0 unspecified atom stereocenters. The normalized spacial score (nSPS) is 17.5. The van der Waals surface area contributed by atoms with Crippen molar-refractivity contribution < 1.29 is 22.8 Å². The maximum Gasteiger partial charge on any atom is 0.335 e. The molecule has 0 atom stereocenters. The minimum absolute atomic E-state index is 0.0314. The summed E-state index contributed by atoms with van der Waals surface area (Å²) >= 11 is 0. The number of urea groups is 1. The molecule has 0 aromatic heterocycles. The van der Waals surface area contributed by atoms with Gasteiger partial charge in [0.05, 0.1) is 4.90 Å². The first kappa shape index (κ1) is 19.3. The van der Waals surface area contributed by atoms with Crippen molar-refractivity contribution in [2.45, 2.75) is 24.7 Å². The summed E-state index contributed by atoms with van der Waals surface area (Å²) in [5, 5.41) is 0. The molecule has 0 spiro atoms. The second kappa shape index (κ2) is 6.93. The Morgan fingerprint density at radius 3 is 2.37 bits per heavy atom. The number of nitrogens with zero attached hydrogens (tertiary/aromatic N) is 4. The lowest BCUT2D eigenvalue weighted by atomic mass is 10.2. The fraction of sp³-hybridized carbons (Fsp3) is 0.471. The van der Waals surface area contributed by atoms with E-state index in [0.29, 0.717) is 19.4 Å². The van der Waals surface area contributed by atoms with E-state index in [-0.39, 0.29) is 18.1 Å². The van der Waals surface area contributed by atoms with Crippen LogP contribution in [-0.2, 0) is 26.0 Å². The van der Waals surface area contributed by atoms with E-state index < -0.39 is 27.9 Å². The predicted molar refractivity (Wildman–Crippen MR) is 97.5 cm³/mol. The largest absolute Gasteiger partial charge is 0.353 e. The number of sulfonamides is 1. The topological polar surface area (TPSA) is 98.3 Å². The highest BCUT2D eigenvalue weighted by Crippen LogP contribution is 2.31. The van der Waals surface area contributed by atoms with E-state index >= 15 is 0 Å². The Morgan fingerprint density at radius 1 is 1.07 bits per heavy atom.